The third kappa shape index (κ3) is 5.23. The minimum absolute atomic E-state index is 0.0575. The number of nitrogens with one attached hydrogen (secondary N) is 1. The highest BCUT2D eigenvalue weighted by Crippen LogP contribution is 2.23. The van der Waals surface area contributed by atoms with E-state index in [1.807, 2.05) is 19.1 Å². The first-order valence-corrected chi connectivity index (χ1v) is 10.0. The highest BCUT2D eigenvalue weighted by atomic mass is 32.2. The Morgan fingerprint density at radius 3 is 2.35 bits per heavy atom. The second-order valence-electron chi connectivity index (χ2n) is 6.30. The van der Waals surface area contributed by atoms with Crippen molar-refractivity contribution in [2.45, 2.75) is 39.0 Å². The fraction of sp³-hybridized carbons (Fsp3) is 0.588. The molecule has 0 bridgehead atoms. The Balaban J connectivity index is 1.94. The molecular formula is C17H26N2O3S. The Morgan fingerprint density at radius 1 is 1.17 bits per heavy atom. The fourth-order valence-corrected chi connectivity index (χ4v) is 3.91. The summed E-state index contributed by atoms with van der Waals surface area (Å²) in [5, 5.41) is 2.89. The van der Waals surface area contributed by atoms with Crippen LogP contribution in [0.4, 0.5) is 5.69 Å². The number of hydrogen-bond donors (Lipinski definition) is 1. The lowest BCUT2D eigenvalue weighted by Gasteiger charge is -2.24. The van der Waals surface area contributed by atoms with Crippen molar-refractivity contribution in [2.75, 3.05) is 23.7 Å². The maximum Gasteiger partial charge on any atom is 0.232 e. The van der Waals surface area contributed by atoms with Crippen molar-refractivity contribution in [3.8, 4) is 0 Å². The van der Waals surface area contributed by atoms with Crippen LogP contribution in [0.2, 0.25) is 0 Å². The van der Waals surface area contributed by atoms with Crippen LogP contribution in [0.3, 0.4) is 0 Å². The third-order valence-corrected chi connectivity index (χ3v) is 5.51. The molecule has 128 valence electrons. The van der Waals surface area contributed by atoms with Crippen LogP contribution in [-0.4, -0.2) is 33.7 Å². The maximum atomic E-state index is 12.1. The van der Waals surface area contributed by atoms with Crippen LogP contribution >= 0.6 is 0 Å². The van der Waals surface area contributed by atoms with Crippen LogP contribution in [-0.2, 0) is 14.8 Å². The molecule has 0 spiro atoms. The molecule has 0 heterocycles. The zero-order chi connectivity index (χ0) is 16.9. The molecule has 0 saturated heterocycles. The molecule has 1 N–H and O–H groups in total. The topological polar surface area (TPSA) is 66.5 Å². The van der Waals surface area contributed by atoms with E-state index in [4.69, 9.17) is 0 Å². The first kappa shape index (κ1) is 17.8. The molecule has 1 saturated carbocycles. The molecule has 1 fully saturated rings. The van der Waals surface area contributed by atoms with Gasteiger partial charge < -0.3 is 5.32 Å². The smallest absolute Gasteiger partial charge is 0.232 e. The van der Waals surface area contributed by atoms with Gasteiger partial charge in [0.2, 0.25) is 15.9 Å². The lowest BCUT2D eigenvalue weighted by molar-refractivity contribution is -0.125. The van der Waals surface area contributed by atoms with Crippen molar-refractivity contribution in [1.82, 2.24) is 5.32 Å². The highest BCUT2D eigenvalue weighted by molar-refractivity contribution is 7.92. The second kappa shape index (κ2) is 7.81. The monoisotopic (exact) mass is 338 g/mol. The third-order valence-electron chi connectivity index (χ3n) is 4.31. The summed E-state index contributed by atoms with van der Waals surface area (Å²) in [4.78, 5) is 12.1. The molecule has 0 aliphatic heterocycles. The normalized spacial score (nSPS) is 16.1. The first-order chi connectivity index (χ1) is 10.9. The van der Waals surface area contributed by atoms with Gasteiger partial charge in [-0.05, 0) is 31.9 Å². The van der Waals surface area contributed by atoms with Crippen molar-refractivity contribution in [2.24, 2.45) is 5.92 Å². The number of hydrogen-bond acceptors (Lipinski definition) is 3. The lowest BCUT2D eigenvalue weighted by atomic mass is 9.89. The number of sulfonamides is 1. The highest BCUT2D eigenvalue weighted by Gasteiger charge is 2.22. The van der Waals surface area contributed by atoms with Crippen LogP contribution in [0.25, 0.3) is 0 Å². The van der Waals surface area contributed by atoms with E-state index in [-0.39, 0.29) is 18.4 Å². The van der Waals surface area contributed by atoms with E-state index in [0.29, 0.717) is 12.2 Å². The van der Waals surface area contributed by atoms with Crippen molar-refractivity contribution >= 4 is 21.6 Å². The van der Waals surface area contributed by atoms with Crippen molar-refractivity contribution in [3.05, 3.63) is 29.8 Å². The molecule has 0 atom stereocenters. The molecule has 1 aromatic carbocycles. The summed E-state index contributed by atoms with van der Waals surface area (Å²) >= 11 is 0. The van der Waals surface area contributed by atoms with Gasteiger partial charge in [-0.15, -0.1) is 0 Å². The molecule has 1 aliphatic carbocycles. The zero-order valence-electron chi connectivity index (χ0n) is 13.9. The van der Waals surface area contributed by atoms with Gasteiger partial charge in [0.15, 0.2) is 0 Å². The summed E-state index contributed by atoms with van der Waals surface area (Å²) in [6.45, 7) is 2.54. The molecule has 1 aliphatic rings. The Hall–Kier alpha value is -1.56. The van der Waals surface area contributed by atoms with E-state index >= 15 is 0 Å². The molecule has 1 aromatic rings. The molecular weight excluding hydrogens is 312 g/mol. The van der Waals surface area contributed by atoms with Gasteiger partial charge in [0.25, 0.3) is 0 Å². The van der Waals surface area contributed by atoms with Gasteiger partial charge >= 0.3 is 0 Å². The number of carbonyl (C=O) groups is 1. The predicted molar refractivity (Wildman–Crippen MR) is 93.0 cm³/mol. The fourth-order valence-electron chi connectivity index (χ4n) is 2.99. The van der Waals surface area contributed by atoms with E-state index in [0.717, 1.165) is 31.2 Å². The largest absolute Gasteiger partial charge is 0.354 e. The van der Waals surface area contributed by atoms with E-state index in [1.165, 1.54) is 17.0 Å². The van der Waals surface area contributed by atoms with Crippen LogP contribution in [0.1, 0.15) is 37.7 Å². The predicted octanol–water partition coefficient (Wildman–Crippen LogP) is 2.46. The standard InChI is InChI=1S/C17H26N2O3S/c1-14-8-10-16(11-9-14)19(23(2,21)22)13-12-18-17(20)15-6-4-3-5-7-15/h8-11,15H,3-7,12-13H2,1-2H3,(H,18,20). The van der Waals surface area contributed by atoms with E-state index < -0.39 is 10.0 Å². The average molecular weight is 338 g/mol. The van der Waals surface area contributed by atoms with Gasteiger partial charge in [-0.1, -0.05) is 37.0 Å². The first-order valence-electron chi connectivity index (χ1n) is 8.20. The number of aryl methyl sites for hydroxylation is 1. The van der Waals surface area contributed by atoms with Gasteiger partial charge in [0.1, 0.15) is 0 Å². The Labute approximate surface area is 139 Å². The minimum atomic E-state index is -3.37. The Bertz CT molecular complexity index is 620. The van der Waals surface area contributed by atoms with Crippen LogP contribution in [0, 0.1) is 12.8 Å². The summed E-state index contributed by atoms with van der Waals surface area (Å²) in [5.41, 5.74) is 1.71. The van der Waals surface area contributed by atoms with Gasteiger partial charge in [-0.2, -0.15) is 0 Å². The van der Waals surface area contributed by atoms with Crippen molar-refractivity contribution in [3.63, 3.8) is 0 Å². The minimum Gasteiger partial charge on any atom is -0.354 e. The van der Waals surface area contributed by atoms with E-state index in [1.54, 1.807) is 12.1 Å². The zero-order valence-corrected chi connectivity index (χ0v) is 14.7. The number of nitrogens with zero attached hydrogens (tertiary/aromatic N) is 1. The molecule has 5 nitrogen and oxygen atoms in total. The maximum absolute atomic E-state index is 12.1. The van der Waals surface area contributed by atoms with Crippen LogP contribution in [0.5, 0.6) is 0 Å². The lowest BCUT2D eigenvalue weighted by Crippen LogP contribution is -2.40. The SMILES string of the molecule is Cc1ccc(N(CCNC(=O)C2CCCCC2)S(C)(=O)=O)cc1. The van der Waals surface area contributed by atoms with E-state index in [2.05, 4.69) is 5.32 Å². The summed E-state index contributed by atoms with van der Waals surface area (Å²) in [6, 6.07) is 7.35. The molecule has 0 unspecified atom stereocenters. The number of rotatable bonds is 6. The van der Waals surface area contributed by atoms with Gasteiger partial charge in [0.05, 0.1) is 18.5 Å². The van der Waals surface area contributed by atoms with Gasteiger partial charge in [-0.25, -0.2) is 8.42 Å². The van der Waals surface area contributed by atoms with Crippen molar-refractivity contribution < 1.29 is 13.2 Å². The summed E-state index contributed by atoms with van der Waals surface area (Å²) in [6.07, 6.45) is 6.50. The Morgan fingerprint density at radius 2 is 1.78 bits per heavy atom. The average Bonchev–Trinajstić information content (AvgIpc) is 2.52. The molecule has 2 rings (SSSR count). The molecule has 0 radical (unpaired) electrons. The molecule has 0 aromatic heterocycles. The summed E-state index contributed by atoms with van der Waals surface area (Å²) in [7, 11) is -3.37. The van der Waals surface area contributed by atoms with Gasteiger partial charge in [-0.3, -0.25) is 9.10 Å². The molecule has 1 amide bonds. The summed E-state index contributed by atoms with van der Waals surface area (Å²) in [5.74, 6) is 0.150. The molecule has 23 heavy (non-hydrogen) atoms. The second-order valence-corrected chi connectivity index (χ2v) is 8.20. The van der Waals surface area contributed by atoms with Crippen LogP contribution in [0.15, 0.2) is 24.3 Å². The number of carbonyl (C=O) groups excluding carboxylic acids is 1. The van der Waals surface area contributed by atoms with Crippen molar-refractivity contribution in [1.29, 1.82) is 0 Å². The quantitative estimate of drug-likeness (QED) is 0.866. The van der Waals surface area contributed by atoms with E-state index in [9.17, 15) is 13.2 Å². The molecule has 6 heteroatoms. The number of benzene rings is 1. The number of anilines is 1. The Kier molecular flexibility index (Phi) is 6.04. The van der Waals surface area contributed by atoms with Crippen LogP contribution < -0.4 is 9.62 Å². The number of amides is 1. The van der Waals surface area contributed by atoms with Gasteiger partial charge in [0, 0.05) is 12.5 Å². The summed E-state index contributed by atoms with van der Waals surface area (Å²) < 4.78 is 25.4.